The molecule has 0 aliphatic heterocycles. The van der Waals surface area contributed by atoms with Crippen molar-refractivity contribution in [2.24, 2.45) is 5.41 Å². The maximum Gasteiger partial charge on any atom is 0.347 e. The molecule has 0 bridgehead atoms. The molecule has 0 amide bonds. The summed E-state index contributed by atoms with van der Waals surface area (Å²) in [6.07, 6.45) is 0.761. The standard InChI is InChI=1S/C14H15NO4S2/c1-14(2)7-10(14)15-21(18,19)12-8-5-3-4-6-9(8)20-11(12)13(16)17/h3-6,10,15H,7H2,1-2H3,(H,16,17). The molecule has 1 unspecified atom stereocenters. The summed E-state index contributed by atoms with van der Waals surface area (Å²) < 4.78 is 28.5. The third kappa shape index (κ3) is 2.45. The van der Waals surface area contributed by atoms with Crippen LogP contribution in [-0.4, -0.2) is 25.5 Å². The molecule has 1 aliphatic rings. The highest BCUT2D eigenvalue weighted by atomic mass is 32.2. The highest BCUT2D eigenvalue weighted by Crippen LogP contribution is 2.46. The number of rotatable bonds is 4. The lowest BCUT2D eigenvalue weighted by molar-refractivity contribution is 0.0698. The number of nitrogens with one attached hydrogen (secondary N) is 1. The van der Waals surface area contributed by atoms with Crippen LogP contribution in [-0.2, 0) is 10.0 Å². The van der Waals surface area contributed by atoms with E-state index in [-0.39, 0.29) is 21.2 Å². The van der Waals surface area contributed by atoms with Crippen molar-refractivity contribution in [3.8, 4) is 0 Å². The third-order valence-electron chi connectivity index (χ3n) is 3.82. The first-order valence-corrected chi connectivity index (χ1v) is 8.79. The van der Waals surface area contributed by atoms with E-state index in [4.69, 9.17) is 0 Å². The largest absolute Gasteiger partial charge is 0.477 e. The average molecular weight is 325 g/mol. The first kappa shape index (κ1) is 14.5. The fourth-order valence-electron chi connectivity index (χ4n) is 2.34. The van der Waals surface area contributed by atoms with E-state index in [1.54, 1.807) is 24.3 Å². The molecule has 1 saturated carbocycles. The van der Waals surface area contributed by atoms with Gasteiger partial charge >= 0.3 is 5.97 Å². The van der Waals surface area contributed by atoms with Gasteiger partial charge in [-0.3, -0.25) is 0 Å². The van der Waals surface area contributed by atoms with Gasteiger partial charge < -0.3 is 5.11 Å². The molecule has 1 aromatic carbocycles. The van der Waals surface area contributed by atoms with Gasteiger partial charge in [-0.1, -0.05) is 32.0 Å². The number of benzene rings is 1. The Morgan fingerprint density at radius 2 is 2.00 bits per heavy atom. The molecule has 0 saturated heterocycles. The molecule has 7 heteroatoms. The molecule has 3 rings (SSSR count). The molecular weight excluding hydrogens is 310 g/mol. The summed E-state index contributed by atoms with van der Waals surface area (Å²) in [5, 5.41) is 9.76. The second-order valence-electron chi connectivity index (χ2n) is 5.93. The van der Waals surface area contributed by atoms with Crippen LogP contribution in [0.15, 0.2) is 29.2 Å². The predicted molar refractivity (Wildman–Crippen MR) is 81.3 cm³/mol. The number of aromatic carboxylic acids is 1. The summed E-state index contributed by atoms with van der Waals surface area (Å²) >= 11 is 0.988. The quantitative estimate of drug-likeness (QED) is 0.905. The SMILES string of the molecule is CC1(C)CC1NS(=O)(=O)c1c(C(=O)O)sc2ccccc12. The Morgan fingerprint density at radius 1 is 1.38 bits per heavy atom. The Bertz CT molecular complexity index is 836. The van der Waals surface area contributed by atoms with Crippen molar-refractivity contribution in [1.82, 2.24) is 4.72 Å². The van der Waals surface area contributed by atoms with Crippen molar-refractivity contribution < 1.29 is 18.3 Å². The maximum absolute atomic E-state index is 12.6. The minimum absolute atomic E-state index is 0.0672. The number of carboxylic acid groups (broad SMARTS) is 1. The molecule has 5 nitrogen and oxygen atoms in total. The van der Waals surface area contributed by atoms with Gasteiger partial charge in [0, 0.05) is 16.1 Å². The molecule has 21 heavy (non-hydrogen) atoms. The van der Waals surface area contributed by atoms with Gasteiger partial charge in [0.1, 0.15) is 9.77 Å². The lowest BCUT2D eigenvalue weighted by atomic mass is 10.2. The van der Waals surface area contributed by atoms with Gasteiger partial charge in [0.05, 0.1) is 0 Å². The summed E-state index contributed by atoms with van der Waals surface area (Å²) in [6.45, 7) is 3.95. The van der Waals surface area contributed by atoms with E-state index in [1.165, 1.54) is 0 Å². The number of hydrogen-bond acceptors (Lipinski definition) is 4. The van der Waals surface area contributed by atoms with Gasteiger partial charge in [-0.05, 0) is 17.9 Å². The van der Waals surface area contributed by atoms with Crippen LogP contribution in [0.5, 0.6) is 0 Å². The molecular formula is C14H15NO4S2. The predicted octanol–water partition coefficient (Wildman–Crippen LogP) is 2.68. The number of carbonyl (C=O) groups is 1. The number of sulfonamides is 1. The third-order valence-corrected chi connectivity index (χ3v) is 6.67. The van der Waals surface area contributed by atoms with E-state index < -0.39 is 16.0 Å². The maximum atomic E-state index is 12.6. The molecule has 0 spiro atoms. The van der Waals surface area contributed by atoms with Gasteiger partial charge in [0.15, 0.2) is 0 Å². The molecule has 112 valence electrons. The van der Waals surface area contributed by atoms with Gasteiger partial charge in [-0.2, -0.15) is 0 Å². The van der Waals surface area contributed by atoms with E-state index in [9.17, 15) is 18.3 Å². The second-order valence-corrected chi connectivity index (χ2v) is 8.63. The van der Waals surface area contributed by atoms with Crippen LogP contribution in [0.1, 0.15) is 29.9 Å². The van der Waals surface area contributed by atoms with Crippen LogP contribution < -0.4 is 4.72 Å². The zero-order chi connectivity index (χ0) is 15.4. The molecule has 1 atom stereocenters. The van der Waals surface area contributed by atoms with Crippen LogP contribution in [0.2, 0.25) is 0 Å². The van der Waals surface area contributed by atoms with Crippen LogP contribution in [0.4, 0.5) is 0 Å². The van der Waals surface area contributed by atoms with E-state index in [1.807, 2.05) is 13.8 Å². The molecule has 1 fully saturated rings. The van der Waals surface area contributed by atoms with E-state index >= 15 is 0 Å². The van der Waals surface area contributed by atoms with Crippen molar-refractivity contribution in [2.75, 3.05) is 0 Å². The number of hydrogen-bond donors (Lipinski definition) is 2. The summed E-state index contributed by atoms with van der Waals surface area (Å²) in [7, 11) is -3.85. The molecule has 1 aliphatic carbocycles. The lowest BCUT2D eigenvalue weighted by Gasteiger charge is -2.08. The summed E-state index contributed by atoms with van der Waals surface area (Å²) in [6, 6.07) is 6.71. The number of fused-ring (bicyclic) bond motifs is 1. The number of thiophene rings is 1. The Balaban J connectivity index is 2.14. The number of carboxylic acids is 1. The molecule has 2 aromatic rings. The minimum Gasteiger partial charge on any atom is -0.477 e. The van der Waals surface area contributed by atoms with E-state index in [0.717, 1.165) is 17.8 Å². The first-order valence-electron chi connectivity index (χ1n) is 6.49. The molecule has 2 N–H and O–H groups in total. The normalized spacial score (nSPS) is 20.6. The van der Waals surface area contributed by atoms with Crippen molar-refractivity contribution >= 4 is 37.4 Å². The van der Waals surface area contributed by atoms with Crippen molar-refractivity contribution in [1.29, 1.82) is 0 Å². The smallest absolute Gasteiger partial charge is 0.347 e. The van der Waals surface area contributed by atoms with Crippen molar-refractivity contribution in [3.63, 3.8) is 0 Å². The lowest BCUT2D eigenvalue weighted by Crippen LogP contribution is -2.29. The van der Waals surface area contributed by atoms with Gasteiger partial charge in [-0.15, -0.1) is 11.3 Å². The van der Waals surface area contributed by atoms with Crippen molar-refractivity contribution in [3.05, 3.63) is 29.1 Å². The highest BCUT2D eigenvalue weighted by molar-refractivity contribution is 7.90. The first-order chi connectivity index (χ1) is 9.72. The Kier molecular flexibility index (Phi) is 3.12. The zero-order valence-corrected chi connectivity index (χ0v) is 13.2. The Morgan fingerprint density at radius 3 is 2.57 bits per heavy atom. The second kappa shape index (κ2) is 4.53. The Hall–Kier alpha value is -1.44. The highest BCUT2D eigenvalue weighted by Gasteiger charge is 2.48. The van der Waals surface area contributed by atoms with Crippen LogP contribution in [0.25, 0.3) is 10.1 Å². The van der Waals surface area contributed by atoms with Gasteiger partial charge in [-0.25, -0.2) is 17.9 Å². The van der Waals surface area contributed by atoms with Gasteiger partial charge in [0.2, 0.25) is 10.0 Å². The monoisotopic (exact) mass is 325 g/mol. The topological polar surface area (TPSA) is 83.5 Å². The summed E-state index contributed by atoms with van der Waals surface area (Å²) in [5.74, 6) is -1.22. The fraction of sp³-hybridized carbons (Fsp3) is 0.357. The van der Waals surface area contributed by atoms with Gasteiger partial charge in [0.25, 0.3) is 0 Å². The van der Waals surface area contributed by atoms with Crippen LogP contribution >= 0.6 is 11.3 Å². The Labute approximate surface area is 126 Å². The molecule has 1 aromatic heterocycles. The fourth-order valence-corrected chi connectivity index (χ4v) is 5.49. The van der Waals surface area contributed by atoms with Crippen molar-refractivity contribution in [2.45, 2.75) is 31.2 Å². The van der Waals surface area contributed by atoms with Crippen LogP contribution in [0.3, 0.4) is 0 Å². The summed E-state index contributed by atoms with van der Waals surface area (Å²) in [4.78, 5) is 11.1. The summed E-state index contributed by atoms with van der Waals surface area (Å²) in [5.41, 5.74) is -0.0672. The average Bonchev–Trinajstić information content (AvgIpc) is 2.84. The van der Waals surface area contributed by atoms with E-state index in [0.29, 0.717) is 10.1 Å². The molecule has 1 heterocycles. The minimum atomic E-state index is -3.85. The van der Waals surface area contributed by atoms with Crippen LogP contribution in [0, 0.1) is 5.41 Å². The zero-order valence-electron chi connectivity index (χ0n) is 11.6. The molecule has 0 radical (unpaired) electrons. The van der Waals surface area contributed by atoms with E-state index in [2.05, 4.69) is 4.72 Å².